The maximum atomic E-state index is 13.3. The normalized spacial score (nSPS) is 18.8. The molecule has 0 amide bonds. The molecule has 27 heavy (non-hydrogen) atoms. The molecule has 142 valence electrons. The zero-order valence-electron chi connectivity index (χ0n) is 15.4. The van der Waals surface area contributed by atoms with Crippen LogP contribution in [0.1, 0.15) is 24.2 Å². The van der Waals surface area contributed by atoms with E-state index >= 15 is 0 Å². The van der Waals surface area contributed by atoms with Crippen LogP contribution in [-0.2, 0) is 21.3 Å². The van der Waals surface area contributed by atoms with Gasteiger partial charge in [0.25, 0.3) is 0 Å². The Morgan fingerprint density at radius 3 is 2.93 bits per heavy atom. The van der Waals surface area contributed by atoms with Gasteiger partial charge in [0.2, 0.25) is 10.0 Å². The molecule has 1 aliphatic rings. The van der Waals surface area contributed by atoms with Crippen molar-refractivity contribution in [2.45, 2.75) is 31.4 Å². The number of hydrogen-bond acceptors (Lipinski definition) is 5. The average molecular weight is 386 g/mol. The lowest BCUT2D eigenvalue weighted by molar-refractivity contribution is -0.00258. The first kappa shape index (κ1) is 18.1. The number of hydrogen-bond donors (Lipinski definition) is 0. The summed E-state index contributed by atoms with van der Waals surface area (Å²) < 4.78 is 35.8. The minimum atomic E-state index is -3.68. The summed E-state index contributed by atoms with van der Waals surface area (Å²) in [4.78, 5) is 4.62. The van der Waals surface area contributed by atoms with E-state index in [9.17, 15) is 8.42 Å². The highest BCUT2D eigenvalue weighted by Crippen LogP contribution is 2.29. The van der Waals surface area contributed by atoms with E-state index in [4.69, 9.17) is 4.74 Å². The lowest BCUT2D eigenvalue weighted by Gasteiger charge is -2.31. The molecule has 8 heteroatoms. The topological polar surface area (TPSA) is 77.3 Å². The molecule has 1 fully saturated rings. The lowest BCUT2D eigenvalue weighted by Crippen LogP contribution is -2.42. The van der Waals surface area contributed by atoms with Crippen LogP contribution in [0.3, 0.4) is 0 Å². The highest BCUT2D eigenvalue weighted by atomic mass is 32.2. The zero-order chi connectivity index (χ0) is 19.0. The zero-order valence-corrected chi connectivity index (χ0v) is 16.2. The summed E-state index contributed by atoms with van der Waals surface area (Å²) >= 11 is 0. The number of pyridine rings is 1. The van der Waals surface area contributed by atoms with Gasteiger partial charge in [-0.1, -0.05) is 12.1 Å². The molecule has 0 aliphatic carbocycles. The van der Waals surface area contributed by atoms with E-state index in [-0.39, 0.29) is 17.5 Å². The van der Waals surface area contributed by atoms with Crippen LogP contribution in [0.2, 0.25) is 0 Å². The molecule has 1 aromatic carbocycles. The summed E-state index contributed by atoms with van der Waals surface area (Å²) in [7, 11) is -3.68. The minimum Gasteiger partial charge on any atom is -0.371 e. The van der Waals surface area contributed by atoms with Crippen LogP contribution in [-0.4, -0.2) is 47.2 Å². The Morgan fingerprint density at radius 2 is 2.15 bits per heavy atom. The van der Waals surface area contributed by atoms with Crippen LogP contribution in [0.4, 0.5) is 0 Å². The van der Waals surface area contributed by atoms with Gasteiger partial charge in [-0.2, -0.15) is 9.40 Å². The van der Waals surface area contributed by atoms with Gasteiger partial charge >= 0.3 is 0 Å². The molecule has 1 saturated heterocycles. The molecule has 3 aromatic rings. The van der Waals surface area contributed by atoms with Crippen LogP contribution in [0.5, 0.6) is 0 Å². The molecular weight excluding hydrogens is 364 g/mol. The Morgan fingerprint density at radius 1 is 1.30 bits per heavy atom. The number of morpholine rings is 1. The van der Waals surface area contributed by atoms with Crippen molar-refractivity contribution in [2.75, 3.05) is 19.7 Å². The average Bonchev–Trinajstić information content (AvgIpc) is 3.16. The number of fused-ring (bicyclic) bond motifs is 1. The van der Waals surface area contributed by atoms with Crippen LogP contribution in [0, 0.1) is 6.92 Å². The number of sulfonamides is 1. The van der Waals surface area contributed by atoms with Crippen molar-refractivity contribution in [1.82, 2.24) is 19.1 Å². The molecule has 4 rings (SSSR count). The summed E-state index contributed by atoms with van der Waals surface area (Å²) in [6, 6.07) is 7.22. The minimum absolute atomic E-state index is 0.241. The number of aryl methyl sites for hydroxylation is 2. The molecule has 0 unspecified atom stereocenters. The lowest BCUT2D eigenvalue weighted by atomic mass is 10.2. The maximum absolute atomic E-state index is 13.3. The first-order valence-corrected chi connectivity index (χ1v) is 10.4. The Hall–Kier alpha value is -2.29. The fourth-order valence-electron chi connectivity index (χ4n) is 3.35. The Bertz CT molecular complexity index is 1080. The van der Waals surface area contributed by atoms with E-state index in [1.54, 1.807) is 24.5 Å². The molecule has 0 saturated carbocycles. The molecule has 2 aromatic heterocycles. The first-order valence-electron chi connectivity index (χ1n) is 8.98. The van der Waals surface area contributed by atoms with Gasteiger partial charge in [0.1, 0.15) is 4.90 Å². The van der Waals surface area contributed by atoms with Crippen molar-refractivity contribution in [2.24, 2.45) is 0 Å². The molecule has 0 spiro atoms. The van der Waals surface area contributed by atoms with Gasteiger partial charge in [0.15, 0.2) is 0 Å². The molecule has 1 aliphatic heterocycles. The molecule has 1 atom stereocenters. The van der Waals surface area contributed by atoms with E-state index in [1.807, 2.05) is 36.9 Å². The molecule has 0 bridgehead atoms. The van der Waals surface area contributed by atoms with E-state index in [0.29, 0.717) is 18.7 Å². The van der Waals surface area contributed by atoms with Crippen molar-refractivity contribution in [1.29, 1.82) is 0 Å². The number of aromatic nitrogens is 3. The molecule has 0 radical (unpaired) electrons. The molecule has 3 heterocycles. The van der Waals surface area contributed by atoms with E-state index < -0.39 is 10.0 Å². The molecule has 7 nitrogen and oxygen atoms in total. The first-order chi connectivity index (χ1) is 13.0. The summed E-state index contributed by atoms with van der Waals surface area (Å²) in [5.41, 5.74) is 2.39. The van der Waals surface area contributed by atoms with Crippen LogP contribution in [0.25, 0.3) is 10.9 Å². The highest BCUT2D eigenvalue weighted by Gasteiger charge is 2.33. The summed E-state index contributed by atoms with van der Waals surface area (Å²) in [6.07, 6.45) is 5.03. The van der Waals surface area contributed by atoms with Crippen LogP contribution in [0.15, 0.2) is 47.8 Å². The van der Waals surface area contributed by atoms with Gasteiger partial charge in [-0.25, -0.2) is 8.42 Å². The van der Waals surface area contributed by atoms with Gasteiger partial charge in [-0.3, -0.25) is 9.67 Å². The van der Waals surface area contributed by atoms with Gasteiger partial charge in [-0.05, 0) is 31.5 Å². The Balaban J connectivity index is 1.67. The quantitative estimate of drug-likeness (QED) is 0.689. The van der Waals surface area contributed by atoms with Crippen molar-refractivity contribution in [3.05, 3.63) is 54.0 Å². The van der Waals surface area contributed by atoms with E-state index in [1.165, 1.54) is 4.31 Å². The number of ether oxygens (including phenoxy) is 1. The fourth-order valence-corrected chi connectivity index (χ4v) is 4.94. The standard InChI is InChI=1S/C19H22N4O3S/c1-3-22-12-16(11-21-22)17-13-23(7-8-26-17)27(24,25)18-6-4-5-15-9-14(2)10-20-19(15)18/h4-6,9-12,17H,3,7-8,13H2,1-2H3/t17-/m0/s1. The second-order valence-corrected chi connectivity index (χ2v) is 8.60. The van der Waals surface area contributed by atoms with Crippen LogP contribution < -0.4 is 0 Å². The second kappa shape index (κ2) is 7.03. The third-order valence-corrected chi connectivity index (χ3v) is 6.70. The highest BCUT2D eigenvalue weighted by molar-refractivity contribution is 7.89. The van der Waals surface area contributed by atoms with Gasteiger partial charge < -0.3 is 4.74 Å². The third kappa shape index (κ3) is 3.36. The van der Waals surface area contributed by atoms with E-state index in [0.717, 1.165) is 23.1 Å². The van der Waals surface area contributed by atoms with Crippen molar-refractivity contribution in [3.8, 4) is 0 Å². The monoisotopic (exact) mass is 386 g/mol. The number of benzene rings is 1. The molecule has 0 N–H and O–H groups in total. The number of para-hydroxylation sites is 1. The molecular formula is C19H22N4O3S. The number of nitrogens with zero attached hydrogens (tertiary/aromatic N) is 4. The smallest absolute Gasteiger partial charge is 0.245 e. The predicted octanol–water partition coefficient (Wildman–Crippen LogP) is 2.52. The Labute approximate surface area is 158 Å². The van der Waals surface area contributed by atoms with Gasteiger partial charge in [0, 0.05) is 43.0 Å². The third-order valence-electron chi connectivity index (χ3n) is 4.81. The fraction of sp³-hybridized carbons (Fsp3) is 0.368. The van der Waals surface area contributed by atoms with E-state index in [2.05, 4.69) is 10.1 Å². The Kier molecular flexibility index (Phi) is 4.71. The largest absolute Gasteiger partial charge is 0.371 e. The van der Waals surface area contributed by atoms with Crippen LogP contribution >= 0.6 is 0 Å². The number of rotatable bonds is 4. The van der Waals surface area contributed by atoms with Crippen molar-refractivity contribution in [3.63, 3.8) is 0 Å². The van der Waals surface area contributed by atoms with Gasteiger partial charge in [-0.15, -0.1) is 0 Å². The van der Waals surface area contributed by atoms with Crippen molar-refractivity contribution >= 4 is 20.9 Å². The summed E-state index contributed by atoms with van der Waals surface area (Å²) in [6.45, 7) is 5.64. The maximum Gasteiger partial charge on any atom is 0.245 e. The summed E-state index contributed by atoms with van der Waals surface area (Å²) in [5.74, 6) is 0. The predicted molar refractivity (Wildman–Crippen MR) is 102 cm³/mol. The van der Waals surface area contributed by atoms with Crippen molar-refractivity contribution < 1.29 is 13.2 Å². The SMILES string of the molecule is CCn1cc([C@@H]2CN(S(=O)(=O)c3cccc4cc(C)cnc34)CCO2)cn1. The second-order valence-electron chi connectivity index (χ2n) is 6.69. The van der Waals surface area contributed by atoms with Gasteiger partial charge in [0.05, 0.1) is 24.4 Å². The summed E-state index contributed by atoms with van der Waals surface area (Å²) in [5, 5.41) is 5.09.